The Balaban J connectivity index is 1.92. The molecule has 0 aromatic rings. The summed E-state index contributed by atoms with van der Waals surface area (Å²) in [6.45, 7) is 0. The molecule has 2 aliphatic rings. The van der Waals surface area contributed by atoms with Gasteiger partial charge in [0.25, 0.3) is 0 Å². The van der Waals surface area contributed by atoms with Crippen LogP contribution in [-0.4, -0.2) is 11.7 Å². The highest BCUT2D eigenvalue weighted by atomic mass is 16.2. The second-order valence-electron chi connectivity index (χ2n) is 3.22. The number of hydrogen-bond donors (Lipinski definition) is 2. The third-order valence-electron chi connectivity index (χ3n) is 2.47. The molecule has 2 rings (SSSR count). The van der Waals surface area contributed by atoms with E-state index < -0.39 is 6.03 Å². The van der Waals surface area contributed by atoms with Crippen LogP contribution < -0.4 is 11.2 Å². The second-order valence-corrected chi connectivity index (χ2v) is 3.22. The van der Waals surface area contributed by atoms with Gasteiger partial charge in [-0.05, 0) is 18.8 Å². The zero-order valence-corrected chi connectivity index (χ0v) is 6.66. The van der Waals surface area contributed by atoms with Gasteiger partial charge in [0.1, 0.15) is 0 Å². The number of carbonyl (C=O) groups excluding carboxylic acids is 1. The Labute approximate surface area is 70.5 Å². The lowest BCUT2D eigenvalue weighted by Gasteiger charge is -2.31. The molecule has 3 N–H and O–H groups in total. The number of nitrogens with one attached hydrogen (secondary N) is 1. The van der Waals surface area contributed by atoms with E-state index in [0.29, 0.717) is 11.8 Å². The summed E-state index contributed by atoms with van der Waals surface area (Å²) < 4.78 is 0. The quantitative estimate of drug-likeness (QED) is 0.433. The Morgan fingerprint density at radius 3 is 3.25 bits per heavy atom. The van der Waals surface area contributed by atoms with E-state index >= 15 is 0 Å². The molecule has 1 fully saturated rings. The predicted octanol–water partition coefficient (Wildman–Crippen LogP) is 0.607. The summed E-state index contributed by atoms with van der Waals surface area (Å²) in [4.78, 5) is 10.3. The monoisotopic (exact) mass is 165 g/mol. The summed E-state index contributed by atoms with van der Waals surface area (Å²) in [6.07, 6.45) is 6.42. The fourth-order valence-corrected chi connectivity index (χ4v) is 1.79. The van der Waals surface area contributed by atoms with Crippen LogP contribution in [0.25, 0.3) is 0 Å². The largest absolute Gasteiger partial charge is 0.350 e. The molecule has 0 unspecified atom stereocenters. The van der Waals surface area contributed by atoms with Crippen molar-refractivity contribution in [3.05, 3.63) is 12.2 Å². The van der Waals surface area contributed by atoms with Gasteiger partial charge >= 0.3 is 6.03 Å². The average molecular weight is 165 g/mol. The van der Waals surface area contributed by atoms with Gasteiger partial charge in [-0.2, -0.15) is 5.10 Å². The molecular formula is C8H11N3O. The van der Waals surface area contributed by atoms with Gasteiger partial charge in [0.05, 0.1) is 0 Å². The van der Waals surface area contributed by atoms with Gasteiger partial charge < -0.3 is 5.73 Å². The summed E-state index contributed by atoms with van der Waals surface area (Å²) in [6, 6.07) is -0.586. The molecule has 64 valence electrons. The fourth-order valence-electron chi connectivity index (χ4n) is 1.79. The maximum Gasteiger partial charge on any atom is 0.332 e. The number of nitrogens with zero attached hydrogens (tertiary/aromatic N) is 1. The van der Waals surface area contributed by atoms with E-state index in [1.54, 1.807) is 0 Å². The lowest BCUT2D eigenvalue weighted by Crippen LogP contribution is -2.36. The van der Waals surface area contributed by atoms with E-state index in [4.69, 9.17) is 5.73 Å². The van der Waals surface area contributed by atoms with Crippen molar-refractivity contribution in [1.82, 2.24) is 5.43 Å². The topological polar surface area (TPSA) is 67.5 Å². The van der Waals surface area contributed by atoms with Crippen LogP contribution in [0.5, 0.6) is 0 Å². The molecule has 4 nitrogen and oxygen atoms in total. The van der Waals surface area contributed by atoms with Crippen LogP contribution in [0, 0.1) is 11.8 Å². The third-order valence-corrected chi connectivity index (χ3v) is 2.47. The van der Waals surface area contributed by atoms with Crippen LogP contribution >= 0.6 is 0 Å². The molecule has 0 spiro atoms. The van der Waals surface area contributed by atoms with Crippen molar-refractivity contribution in [3.63, 3.8) is 0 Å². The van der Waals surface area contributed by atoms with Crippen molar-refractivity contribution < 1.29 is 4.79 Å². The van der Waals surface area contributed by atoms with Gasteiger partial charge in [-0.1, -0.05) is 12.2 Å². The van der Waals surface area contributed by atoms with E-state index in [-0.39, 0.29) is 0 Å². The van der Waals surface area contributed by atoms with Gasteiger partial charge in [0.2, 0.25) is 0 Å². The summed E-state index contributed by atoms with van der Waals surface area (Å²) in [5, 5.41) is 3.92. The van der Waals surface area contributed by atoms with Gasteiger partial charge in [-0.25, -0.2) is 10.2 Å². The minimum absolute atomic E-state index is 0.539. The number of urea groups is 1. The third kappa shape index (κ3) is 1.09. The molecule has 0 saturated heterocycles. The predicted molar refractivity (Wildman–Crippen MR) is 45.5 cm³/mol. The number of fused-ring (bicyclic) bond motifs is 1. The van der Waals surface area contributed by atoms with Crippen LogP contribution in [0.15, 0.2) is 17.3 Å². The molecule has 2 amide bonds. The summed E-state index contributed by atoms with van der Waals surface area (Å²) in [5.41, 5.74) is 8.22. The number of carbonyl (C=O) groups is 1. The maximum absolute atomic E-state index is 10.3. The van der Waals surface area contributed by atoms with E-state index in [1.807, 2.05) is 0 Å². The number of allylic oxidation sites excluding steroid dienone is 2. The molecule has 0 bridgehead atoms. The molecular weight excluding hydrogens is 154 g/mol. The van der Waals surface area contributed by atoms with Crippen molar-refractivity contribution >= 4 is 11.7 Å². The standard InChI is InChI=1S/C8H11N3O/c9-8(12)11-10-7-4-5-2-1-3-6(5)7/h1-2,5-6H,3-4H2,(H3,9,11,12)/b10-7-/t5-,6+/m1/s1. The van der Waals surface area contributed by atoms with E-state index in [0.717, 1.165) is 18.6 Å². The highest BCUT2D eigenvalue weighted by Gasteiger charge is 2.37. The Morgan fingerprint density at radius 1 is 1.75 bits per heavy atom. The van der Waals surface area contributed by atoms with Crippen molar-refractivity contribution in [2.45, 2.75) is 12.8 Å². The molecule has 0 aromatic heterocycles. The molecule has 0 radical (unpaired) electrons. The molecule has 0 aliphatic heterocycles. The molecule has 12 heavy (non-hydrogen) atoms. The molecule has 0 heterocycles. The van der Waals surface area contributed by atoms with Crippen molar-refractivity contribution in [1.29, 1.82) is 0 Å². The van der Waals surface area contributed by atoms with Crippen molar-refractivity contribution in [3.8, 4) is 0 Å². The summed E-state index contributed by atoms with van der Waals surface area (Å²) >= 11 is 0. The zero-order chi connectivity index (χ0) is 8.55. The fraction of sp³-hybridized carbons (Fsp3) is 0.500. The van der Waals surface area contributed by atoms with Crippen LogP contribution in [-0.2, 0) is 0 Å². The van der Waals surface area contributed by atoms with Crippen molar-refractivity contribution in [2.75, 3.05) is 0 Å². The summed E-state index contributed by atoms with van der Waals surface area (Å²) in [7, 11) is 0. The molecule has 4 heteroatoms. The number of hydrogen-bond acceptors (Lipinski definition) is 2. The maximum atomic E-state index is 10.3. The minimum Gasteiger partial charge on any atom is -0.350 e. The molecule has 1 saturated carbocycles. The number of primary amides is 1. The normalized spacial score (nSPS) is 34.5. The highest BCUT2D eigenvalue weighted by Crippen LogP contribution is 2.39. The lowest BCUT2D eigenvalue weighted by molar-refractivity contribution is 0.249. The number of nitrogens with two attached hydrogens (primary N) is 1. The first-order valence-corrected chi connectivity index (χ1v) is 4.06. The molecule has 2 atom stereocenters. The Bertz CT molecular complexity index is 269. The first-order valence-electron chi connectivity index (χ1n) is 4.06. The van der Waals surface area contributed by atoms with E-state index in [1.165, 1.54) is 0 Å². The van der Waals surface area contributed by atoms with E-state index in [9.17, 15) is 4.79 Å². The SMILES string of the molecule is NC(=O)N/N=C1/C[C@H]2C=CC[C@H]12. The van der Waals surface area contributed by atoms with Crippen LogP contribution in [0.3, 0.4) is 0 Å². The lowest BCUT2D eigenvalue weighted by atomic mass is 9.74. The molecule has 2 aliphatic carbocycles. The first-order chi connectivity index (χ1) is 5.77. The Hall–Kier alpha value is -1.32. The van der Waals surface area contributed by atoms with Gasteiger partial charge in [0, 0.05) is 11.6 Å². The number of amides is 2. The van der Waals surface area contributed by atoms with Gasteiger partial charge in [-0.3, -0.25) is 0 Å². The van der Waals surface area contributed by atoms with Gasteiger partial charge in [0.15, 0.2) is 0 Å². The second kappa shape index (κ2) is 2.62. The minimum atomic E-state index is -0.586. The zero-order valence-electron chi connectivity index (χ0n) is 6.66. The number of rotatable bonds is 1. The van der Waals surface area contributed by atoms with E-state index in [2.05, 4.69) is 22.7 Å². The number of hydrazone groups is 1. The summed E-state index contributed by atoms with van der Waals surface area (Å²) in [5.74, 6) is 1.20. The van der Waals surface area contributed by atoms with Crippen LogP contribution in [0.2, 0.25) is 0 Å². The Morgan fingerprint density at radius 2 is 2.58 bits per heavy atom. The Kier molecular flexibility index (Phi) is 1.60. The highest BCUT2D eigenvalue weighted by molar-refractivity contribution is 5.94. The first kappa shape index (κ1) is 7.34. The average Bonchev–Trinajstić information content (AvgIpc) is 2.32. The van der Waals surface area contributed by atoms with Crippen LogP contribution in [0.4, 0.5) is 4.79 Å². The van der Waals surface area contributed by atoms with Crippen molar-refractivity contribution in [2.24, 2.45) is 22.7 Å². The van der Waals surface area contributed by atoms with Gasteiger partial charge in [-0.15, -0.1) is 0 Å². The smallest absolute Gasteiger partial charge is 0.332 e. The van der Waals surface area contributed by atoms with Crippen LogP contribution in [0.1, 0.15) is 12.8 Å². The molecule has 0 aromatic carbocycles.